The van der Waals surface area contributed by atoms with Crippen LogP contribution in [0.4, 0.5) is 0 Å². The quantitative estimate of drug-likeness (QED) is 0.777. The van der Waals surface area contributed by atoms with Crippen LogP contribution in [0.15, 0.2) is 36.4 Å². The summed E-state index contributed by atoms with van der Waals surface area (Å²) in [6.07, 6.45) is 0. The minimum atomic E-state index is -0.0311. The van der Waals surface area contributed by atoms with Crippen LogP contribution in [0.2, 0.25) is 0 Å². The van der Waals surface area contributed by atoms with Crippen molar-refractivity contribution in [2.24, 2.45) is 0 Å². The van der Waals surface area contributed by atoms with E-state index in [2.05, 4.69) is 36.3 Å². The van der Waals surface area contributed by atoms with Gasteiger partial charge in [-0.2, -0.15) is 0 Å². The molecule has 0 aliphatic rings. The van der Waals surface area contributed by atoms with Gasteiger partial charge in [0, 0.05) is 6.54 Å². The molecule has 25 heavy (non-hydrogen) atoms. The van der Waals surface area contributed by atoms with E-state index in [1.54, 1.807) is 7.11 Å². The van der Waals surface area contributed by atoms with E-state index < -0.39 is 0 Å². The smallest absolute Gasteiger partial charge is 0.240 e. The third kappa shape index (κ3) is 3.65. The monoisotopic (exact) mass is 337 g/mol. The summed E-state index contributed by atoms with van der Waals surface area (Å²) in [7, 11) is 1.64. The molecule has 5 heteroatoms. The standard InChI is InChI=1S/C20H23N3O2/c1-13-9-18-19(10-14(13)2)23(15(3)22-18)12-20(24)21-11-16-5-7-17(25-4)8-6-16/h5-10H,11-12H2,1-4H3,(H,21,24). The number of carbonyl (C=O) groups is 1. The van der Waals surface area contributed by atoms with Crippen molar-refractivity contribution in [3.8, 4) is 5.75 Å². The molecule has 130 valence electrons. The summed E-state index contributed by atoms with van der Waals surface area (Å²) in [5.74, 6) is 1.62. The number of imidazole rings is 1. The van der Waals surface area contributed by atoms with Gasteiger partial charge in [0.05, 0.1) is 18.1 Å². The third-order valence-electron chi connectivity index (χ3n) is 4.51. The lowest BCUT2D eigenvalue weighted by Crippen LogP contribution is -2.27. The Labute approximate surface area is 147 Å². The Morgan fingerprint density at radius 1 is 1.12 bits per heavy atom. The van der Waals surface area contributed by atoms with Crippen molar-refractivity contribution in [2.75, 3.05) is 7.11 Å². The van der Waals surface area contributed by atoms with Crippen molar-refractivity contribution in [3.05, 3.63) is 58.9 Å². The van der Waals surface area contributed by atoms with Crippen molar-refractivity contribution >= 4 is 16.9 Å². The Morgan fingerprint density at radius 2 is 1.80 bits per heavy atom. The molecule has 3 rings (SSSR count). The summed E-state index contributed by atoms with van der Waals surface area (Å²) in [5.41, 5.74) is 5.38. The van der Waals surface area contributed by atoms with Crippen LogP contribution in [-0.4, -0.2) is 22.6 Å². The Hall–Kier alpha value is -2.82. The maximum atomic E-state index is 12.4. The van der Waals surface area contributed by atoms with E-state index in [9.17, 15) is 4.79 Å². The number of nitrogens with zero attached hydrogens (tertiary/aromatic N) is 2. The molecule has 2 aromatic carbocycles. The number of benzene rings is 2. The van der Waals surface area contributed by atoms with E-state index in [4.69, 9.17) is 4.74 Å². The van der Waals surface area contributed by atoms with Crippen LogP contribution in [0.1, 0.15) is 22.5 Å². The predicted octanol–water partition coefficient (Wildman–Crippen LogP) is 3.29. The van der Waals surface area contributed by atoms with Crippen molar-refractivity contribution in [3.63, 3.8) is 0 Å². The van der Waals surface area contributed by atoms with Crippen LogP contribution < -0.4 is 10.1 Å². The Kier molecular flexibility index (Phi) is 4.74. The van der Waals surface area contributed by atoms with Gasteiger partial charge in [-0.05, 0) is 61.7 Å². The minimum Gasteiger partial charge on any atom is -0.497 e. The number of carbonyl (C=O) groups excluding carboxylic acids is 1. The first-order valence-electron chi connectivity index (χ1n) is 8.31. The first-order valence-corrected chi connectivity index (χ1v) is 8.31. The summed E-state index contributed by atoms with van der Waals surface area (Å²) in [6, 6.07) is 11.8. The summed E-state index contributed by atoms with van der Waals surface area (Å²) >= 11 is 0. The molecule has 0 aliphatic heterocycles. The van der Waals surface area contributed by atoms with Gasteiger partial charge in [0.1, 0.15) is 18.1 Å². The Bertz CT molecular complexity index is 911. The topological polar surface area (TPSA) is 56.1 Å². The fourth-order valence-corrected chi connectivity index (χ4v) is 2.84. The van der Waals surface area contributed by atoms with E-state index in [1.165, 1.54) is 11.1 Å². The zero-order chi connectivity index (χ0) is 18.0. The van der Waals surface area contributed by atoms with Gasteiger partial charge in [-0.3, -0.25) is 4.79 Å². The van der Waals surface area contributed by atoms with Gasteiger partial charge in [0.25, 0.3) is 0 Å². The normalized spacial score (nSPS) is 10.9. The van der Waals surface area contributed by atoms with Crippen LogP contribution in [0.5, 0.6) is 5.75 Å². The number of amides is 1. The van der Waals surface area contributed by atoms with E-state index in [0.717, 1.165) is 28.2 Å². The average Bonchev–Trinajstić information content (AvgIpc) is 2.89. The highest BCUT2D eigenvalue weighted by molar-refractivity contribution is 5.82. The van der Waals surface area contributed by atoms with E-state index in [0.29, 0.717) is 6.54 Å². The van der Waals surface area contributed by atoms with Gasteiger partial charge in [0.15, 0.2) is 0 Å². The molecular weight excluding hydrogens is 314 g/mol. The maximum absolute atomic E-state index is 12.4. The van der Waals surface area contributed by atoms with Gasteiger partial charge in [-0.1, -0.05) is 12.1 Å². The molecule has 0 atom stereocenters. The largest absolute Gasteiger partial charge is 0.497 e. The second-order valence-corrected chi connectivity index (χ2v) is 6.30. The van der Waals surface area contributed by atoms with Crippen LogP contribution in [0.25, 0.3) is 11.0 Å². The molecule has 0 fully saturated rings. The number of hydrogen-bond donors (Lipinski definition) is 1. The maximum Gasteiger partial charge on any atom is 0.240 e. The number of rotatable bonds is 5. The van der Waals surface area contributed by atoms with Gasteiger partial charge >= 0.3 is 0 Å². The lowest BCUT2D eigenvalue weighted by atomic mass is 10.1. The lowest BCUT2D eigenvalue weighted by Gasteiger charge is -2.09. The highest BCUT2D eigenvalue weighted by Crippen LogP contribution is 2.20. The summed E-state index contributed by atoms with van der Waals surface area (Å²) in [6.45, 7) is 6.84. The fourth-order valence-electron chi connectivity index (χ4n) is 2.84. The first-order chi connectivity index (χ1) is 12.0. The minimum absolute atomic E-state index is 0.0311. The number of fused-ring (bicyclic) bond motifs is 1. The van der Waals surface area contributed by atoms with Crippen LogP contribution in [-0.2, 0) is 17.9 Å². The first kappa shape index (κ1) is 17.0. The van der Waals surface area contributed by atoms with Gasteiger partial charge in [0.2, 0.25) is 5.91 Å². The number of methoxy groups -OCH3 is 1. The van der Waals surface area contributed by atoms with Gasteiger partial charge in [-0.25, -0.2) is 4.98 Å². The number of nitrogens with one attached hydrogen (secondary N) is 1. The third-order valence-corrected chi connectivity index (χ3v) is 4.51. The predicted molar refractivity (Wildman–Crippen MR) is 98.8 cm³/mol. The van der Waals surface area contributed by atoms with Crippen molar-refractivity contribution < 1.29 is 9.53 Å². The molecule has 0 saturated heterocycles. The molecule has 1 aromatic heterocycles. The van der Waals surface area contributed by atoms with Crippen molar-refractivity contribution in [1.29, 1.82) is 0 Å². The van der Waals surface area contributed by atoms with Gasteiger partial charge in [-0.15, -0.1) is 0 Å². The number of aromatic nitrogens is 2. The van der Waals surface area contributed by atoms with Gasteiger partial charge < -0.3 is 14.6 Å². The number of ether oxygens (including phenoxy) is 1. The molecule has 1 N–H and O–H groups in total. The van der Waals surface area contributed by atoms with Crippen LogP contribution in [0, 0.1) is 20.8 Å². The molecule has 1 amide bonds. The molecule has 0 saturated carbocycles. The SMILES string of the molecule is COc1ccc(CNC(=O)Cn2c(C)nc3cc(C)c(C)cc32)cc1. The summed E-state index contributed by atoms with van der Waals surface area (Å²) in [5, 5.41) is 2.96. The fraction of sp³-hybridized carbons (Fsp3) is 0.300. The highest BCUT2D eigenvalue weighted by atomic mass is 16.5. The second-order valence-electron chi connectivity index (χ2n) is 6.30. The zero-order valence-electron chi connectivity index (χ0n) is 15.1. The molecule has 1 heterocycles. The molecule has 3 aromatic rings. The summed E-state index contributed by atoms with van der Waals surface area (Å²) in [4.78, 5) is 16.9. The highest BCUT2D eigenvalue weighted by Gasteiger charge is 2.12. The van der Waals surface area contributed by atoms with Crippen molar-refractivity contribution in [1.82, 2.24) is 14.9 Å². The Morgan fingerprint density at radius 3 is 2.48 bits per heavy atom. The molecule has 0 radical (unpaired) electrons. The second kappa shape index (κ2) is 6.97. The average molecular weight is 337 g/mol. The Balaban J connectivity index is 1.71. The van der Waals surface area contributed by atoms with Crippen LogP contribution in [0.3, 0.4) is 0 Å². The number of hydrogen-bond acceptors (Lipinski definition) is 3. The molecule has 0 unspecified atom stereocenters. The van der Waals surface area contributed by atoms with Crippen molar-refractivity contribution in [2.45, 2.75) is 33.9 Å². The molecule has 0 bridgehead atoms. The zero-order valence-corrected chi connectivity index (χ0v) is 15.1. The summed E-state index contributed by atoms with van der Waals surface area (Å²) < 4.78 is 7.10. The van der Waals surface area contributed by atoms with Crippen LogP contribution >= 0.6 is 0 Å². The molecule has 0 spiro atoms. The molecule has 5 nitrogen and oxygen atoms in total. The lowest BCUT2D eigenvalue weighted by molar-refractivity contribution is -0.121. The number of aryl methyl sites for hydroxylation is 3. The molecular formula is C20H23N3O2. The van der Waals surface area contributed by atoms with E-state index >= 15 is 0 Å². The molecule has 0 aliphatic carbocycles. The van der Waals surface area contributed by atoms with E-state index in [-0.39, 0.29) is 12.5 Å². The van der Waals surface area contributed by atoms with E-state index in [1.807, 2.05) is 35.8 Å².